The van der Waals surface area contributed by atoms with Crippen LogP contribution in [-0.4, -0.2) is 26.8 Å². The molecule has 0 radical (unpaired) electrons. The predicted molar refractivity (Wildman–Crippen MR) is 115 cm³/mol. The van der Waals surface area contributed by atoms with Crippen LogP contribution in [0, 0.1) is 6.92 Å². The molecule has 0 fully saturated rings. The second-order valence-electron chi connectivity index (χ2n) is 6.39. The van der Waals surface area contributed by atoms with Gasteiger partial charge in [0.1, 0.15) is 10.9 Å². The number of aromatic nitrogens is 3. The number of para-hydroxylation sites is 2. The van der Waals surface area contributed by atoms with Gasteiger partial charge in [-0.3, -0.25) is 9.59 Å². The number of rotatable bonds is 5. The van der Waals surface area contributed by atoms with Gasteiger partial charge in [-0.25, -0.2) is 4.68 Å². The lowest BCUT2D eigenvalue weighted by Gasteiger charge is -2.13. The quantitative estimate of drug-likeness (QED) is 0.453. The SMILES string of the molecule is Cc1cccc(C(=O)Nc2ccon2)c1NC(=O)c1cnn(-c2ccccc2)c1Br. The maximum atomic E-state index is 13.0. The summed E-state index contributed by atoms with van der Waals surface area (Å²) in [5.74, 6) is -0.526. The van der Waals surface area contributed by atoms with E-state index in [1.165, 1.54) is 18.5 Å². The van der Waals surface area contributed by atoms with Gasteiger partial charge in [-0.05, 0) is 46.6 Å². The monoisotopic (exact) mass is 465 g/mol. The van der Waals surface area contributed by atoms with Crippen molar-refractivity contribution < 1.29 is 14.1 Å². The summed E-state index contributed by atoms with van der Waals surface area (Å²) in [4.78, 5) is 25.7. The Balaban J connectivity index is 1.61. The van der Waals surface area contributed by atoms with E-state index in [1.807, 2.05) is 43.3 Å². The molecule has 0 aliphatic heterocycles. The first-order valence-corrected chi connectivity index (χ1v) is 9.75. The highest BCUT2D eigenvalue weighted by Crippen LogP contribution is 2.25. The number of carbonyl (C=O) groups excluding carboxylic acids is 2. The molecule has 2 N–H and O–H groups in total. The van der Waals surface area contributed by atoms with Crippen LogP contribution in [0.1, 0.15) is 26.3 Å². The molecule has 9 heteroatoms. The molecular weight excluding hydrogens is 450 g/mol. The van der Waals surface area contributed by atoms with Crippen molar-refractivity contribution in [3.05, 3.63) is 88.4 Å². The molecule has 2 aromatic heterocycles. The number of hydrogen-bond donors (Lipinski definition) is 2. The van der Waals surface area contributed by atoms with Gasteiger partial charge < -0.3 is 15.2 Å². The van der Waals surface area contributed by atoms with Gasteiger partial charge in [0.25, 0.3) is 11.8 Å². The van der Waals surface area contributed by atoms with Gasteiger partial charge in [0, 0.05) is 6.07 Å². The summed E-state index contributed by atoms with van der Waals surface area (Å²) in [6.45, 7) is 1.81. The fourth-order valence-electron chi connectivity index (χ4n) is 2.90. The number of nitrogens with one attached hydrogen (secondary N) is 2. The van der Waals surface area contributed by atoms with Crippen LogP contribution in [-0.2, 0) is 0 Å². The lowest BCUT2D eigenvalue weighted by Crippen LogP contribution is -2.19. The number of benzene rings is 2. The van der Waals surface area contributed by atoms with Gasteiger partial charge in [-0.2, -0.15) is 5.10 Å². The molecule has 2 heterocycles. The molecule has 0 unspecified atom stereocenters. The lowest BCUT2D eigenvalue weighted by molar-refractivity contribution is 0.102. The van der Waals surface area contributed by atoms with E-state index in [0.29, 0.717) is 21.4 Å². The summed E-state index contributed by atoms with van der Waals surface area (Å²) in [5, 5.41) is 13.4. The maximum Gasteiger partial charge on any atom is 0.260 e. The van der Waals surface area contributed by atoms with E-state index in [4.69, 9.17) is 4.52 Å². The largest absolute Gasteiger partial charge is 0.363 e. The zero-order valence-corrected chi connectivity index (χ0v) is 17.4. The minimum absolute atomic E-state index is 0.283. The van der Waals surface area contributed by atoms with E-state index in [-0.39, 0.29) is 5.82 Å². The van der Waals surface area contributed by atoms with Crippen LogP contribution < -0.4 is 10.6 Å². The number of halogens is 1. The molecule has 2 amide bonds. The zero-order chi connectivity index (χ0) is 21.1. The first-order valence-electron chi connectivity index (χ1n) is 8.96. The van der Waals surface area contributed by atoms with Crippen molar-refractivity contribution in [1.29, 1.82) is 0 Å². The normalized spacial score (nSPS) is 10.6. The zero-order valence-electron chi connectivity index (χ0n) is 15.8. The van der Waals surface area contributed by atoms with Gasteiger partial charge in [0.2, 0.25) is 0 Å². The molecule has 0 aliphatic rings. The third kappa shape index (κ3) is 3.87. The average Bonchev–Trinajstić information content (AvgIpc) is 3.39. The van der Waals surface area contributed by atoms with Crippen molar-refractivity contribution in [1.82, 2.24) is 14.9 Å². The van der Waals surface area contributed by atoms with Crippen LogP contribution in [0.15, 0.2) is 76.2 Å². The van der Waals surface area contributed by atoms with Crippen molar-refractivity contribution >= 4 is 39.2 Å². The van der Waals surface area contributed by atoms with E-state index < -0.39 is 11.8 Å². The molecule has 4 aromatic rings. The molecule has 4 rings (SSSR count). The predicted octanol–water partition coefficient (Wildman–Crippen LogP) is 4.44. The minimum Gasteiger partial charge on any atom is -0.363 e. The molecular formula is C21H16BrN5O3. The highest BCUT2D eigenvalue weighted by molar-refractivity contribution is 9.10. The summed E-state index contributed by atoms with van der Waals surface area (Å²) in [7, 11) is 0. The molecule has 0 aliphatic carbocycles. The summed E-state index contributed by atoms with van der Waals surface area (Å²) in [6, 6.07) is 16.1. The van der Waals surface area contributed by atoms with Gasteiger partial charge in [0.15, 0.2) is 5.82 Å². The van der Waals surface area contributed by atoms with E-state index in [1.54, 1.807) is 16.8 Å². The Morgan fingerprint density at radius 2 is 1.73 bits per heavy atom. The van der Waals surface area contributed by atoms with Crippen LogP contribution in [0.25, 0.3) is 5.69 Å². The average molecular weight is 466 g/mol. The molecule has 0 spiro atoms. The first-order chi connectivity index (χ1) is 14.5. The number of hydrogen-bond acceptors (Lipinski definition) is 5. The third-order valence-electron chi connectivity index (χ3n) is 4.39. The van der Waals surface area contributed by atoms with Gasteiger partial charge in [-0.15, -0.1) is 0 Å². The second kappa shape index (κ2) is 8.34. The number of anilines is 2. The highest BCUT2D eigenvalue weighted by atomic mass is 79.9. The van der Waals surface area contributed by atoms with Crippen molar-refractivity contribution in [2.45, 2.75) is 6.92 Å². The van der Waals surface area contributed by atoms with Gasteiger partial charge in [0.05, 0.1) is 28.7 Å². The summed E-state index contributed by atoms with van der Waals surface area (Å²) < 4.78 is 6.85. The highest BCUT2D eigenvalue weighted by Gasteiger charge is 2.21. The molecule has 2 aromatic carbocycles. The van der Waals surface area contributed by atoms with Crippen molar-refractivity contribution in [3.63, 3.8) is 0 Å². The van der Waals surface area contributed by atoms with Crippen molar-refractivity contribution in [2.75, 3.05) is 10.6 Å². The fraction of sp³-hybridized carbons (Fsp3) is 0.0476. The van der Waals surface area contributed by atoms with Crippen LogP contribution in [0.2, 0.25) is 0 Å². The standard InChI is InChI=1S/C21H16BrN5O3/c1-13-6-5-9-15(20(28)24-17-10-11-30-26-17)18(13)25-21(29)16-12-23-27(19(16)22)14-7-3-2-4-8-14/h2-12H,1H3,(H,25,29)(H,24,26,28). The molecule has 150 valence electrons. The van der Waals surface area contributed by atoms with Crippen LogP contribution in [0.3, 0.4) is 0 Å². The molecule has 30 heavy (non-hydrogen) atoms. The van der Waals surface area contributed by atoms with Crippen LogP contribution in [0.5, 0.6) is 0 Å². The Morgan fingerprint density at radius 3 is 2.47 bits per heavy atom. The fourth-order valence-corrected chi connectivity index (χ4v) is 3.48. The Bertz CT molecular complexity index is 1200. The minimum atomic E-state index is -0.415. The second-order valence-corrected chi connectivity index (χ2v) is 7.14. The Hall–Kier alpha value is -3.72. The van der Waals surface area contributed by atoms with Gasteiger partial charge >= 0.3 is 0 Å². The molecule has 8 nitrogen and oxygen atoms in total. The van der Waals surface area contributed by atoms with E-state index in [9.17, 15) is 9.59 Å². The Labute approximate surface area is 180 Å². The number of nitrogens with zero attached hydrogens (tertiary/aromatic N) is 3. The van der Waals surface area contributed by atoms with Crippen molar-refractivity contribution in [2.24, 2.45) is 0 Å². The maximum absolute atomic E-state index is 13.0. The van der Waals surface area contributed by atoms with Crippen molar-refractivity contribution in [3.8, 4) is 5.69 Å². The third-order valence-corrected chi connectivity index (χ3v) is 5.15. The summed E-state index contributed by atoms with van der Waals surface area (Å²) >= 11 is 3.45. The smallest absolute Gasteiger partial charge is 0.260 e. The molecule has 0 saturated carbocycles. The van der Waals surface area contributed by atoms with Crippen LogP contribution >= 0.6 is 15.9 Å². The number of carbonyl (C=O) groups is 2. The molecule has 0 bridgehead atoms. The topological polar surface area (TPSA) is 102 Å². The number of amides is 2. The Kier molecular flexibility index (Phi) is 5.44. The lowest BCUT2D eigenvalue weighted by atomic mass is 10.1. The first kappa shape index (κ1) is 19.6. The molecule has 0 saturated heterocycles. The van der Waals surface area contributed by atoms with E-state index in [0.717, 1.165) is 11.3 Å². The summed E-state index contributed by atoms with van der Waals surface area (Å²) in [6.07, 6.45) is 2.83. The Morgan fingerprint density at radius 1 is 0.967 bits per heavy atom. The van der Waals surface area contributed by atoms with E-state index in [2.05, 4.69) is 36.8 Å². The summed E-state index contributed by atoms with van der Waals surface area (Å²) in [5.41, 5.74) is 2.60. The number of aryl methyl sites for hydroxylation is 1. The van der Waals surface area contributed by atoms with E-state index >= 15 is 0 Å². The van der Waals surface area contributed by atoms with Crippen LogP contribution in [0.4, 0.5) is 11.5 Å². The molecule has 0 atom stereocenters. The van der Waals surface area contributed by atoms with Gasteiger partial charge in [-0.1, -0.05) is 35.5 Å².